The Bertz CT molecular complexity index is 1160. The fourth-order valence-electron chi connectivity index (χ4n) is 6.81. The van der Waals surface area contributed by atoms with Crippen LogP contribution in [0, 0.1) is 17.7 Å². The van der Waals surface area contributed by atoms with Gasteiger partial charge in [0.1, 0.15) is 17.8 Å². The minimum atomic E-state index is -0.364. The Hall–Kier alpha value is -2.94. The molecule has 3 fully saturated rings. The molecule has 8 nitrogen and oxygen atoms in total. The van der Waals surface area contributed by atoms with Crippen LogP contribution in [-0.4, -0.2) is 48.7 Å². The van der Waals surface area contributed by atoms with Crippen LogP contribution in [0.2, 0.25) is 0 Å². The van der Waals surface area contributed by atoms with Crippen molar-refractivity contribution in [1.29, 1.82) is 0 Å². The number of carbonyl (C=O) groups excluding carboxylic acids is 2. The van der Waals surface area contributed by atoms with E-state index in [1.165, 1.54) is 56.9 Å². The molecular formula is C32H44FN3O5. The first-order valence-corrected chi connectivity index (χ1v) is 15.6. The Labute approximate surface area is 242 Å². The highest BCUT2D eigenvalue weighted by molar-refractivity contribution is 5.91. The summed E-state index contributed by atoms with van der Waals surface area (Å²) >= 11 is 0. The molecule has 3 aliphatic rings. The average molecular weight is 570 g/mol. The molecule has 1 saturated carbocycles. The van der Waals surface area contributed by atoms with Gasteiger partial charge < -0.3 is 24.5 Å². The summed E-state index contributed by atoms with van der Waals surface area (Å²) in [4.78, 5) is 29.5. The van der Waals surface area contributed by atoms with E-state index in [0.717, 1.165) is 38.0 Å². The second-order valence-electron chi connectivity index (χ2n) is 11.9. The first-order chi connectivity index (χ1) is 20.0. The molecule has 2 aromatic rings. The zero-order valence-electron chi connectivity index (χ0n) is 24.2. The van der Waals surface area contributed by atoms with E-state index in [2.05, 4.69) is 15.6 Å². The van der Waals surface area contributed by atoms with Crippen LogP contribution in [0.25, 0.3) is 0 Å². The van der Waals surface area contributed by atoms with E-state index in [1.807, 2.05) is 6.92 Å². The number of fused-ring (bicyclic) bond motifs is 2. The molecular weight excluding hydrogens is 525 g/mol. The molecule has 1 aliphatic carbocycles. The lowest BCUT2D eigenvalue weighted by atomic mass is 9.76. The molecule has 3 heterocycles. The number of amides is 2. The third kappa shape index (κ3) is 7.67. The molecule has 2 amide bonds. The molecule has 41 heavy (non-hydrogen) atoms. The number of aromatic nitrogens is 1. The number of ether oxygens (including phenoxy) is 2. The van der Waals surface area contributed by atoms with E-state index in [0.29, 0.717) is 36.7 Å². The monoisotopic (exact) mass is 569 g/mol. The van der Waals surface area contributed by atoms with Gasteiger partial charge >= 0.3 is 0 Å². The average Bonchev–Trinajstić information content (AvgIpc) is 3.73. The van der Waals surface area contributed by atoms with Gasteiger partial charge in [0.15, 0.2) is 12.3 Å². The highest BCUT2D eigenvalue weighted by Crippen LogP contribution is 2.50. The predicted octanol–water partition coefficient (Wildman–Crippen LogP) is 5.70. The van der Waals surface area contributed by atoms with Crippen LogP contribution >= 0.6 is 0 Å². The van der Waals surface area contributed by atoms with Crippen LogP contribution in [0.5, 0.6) is 5.75 Å². The summed E-state index contributed by atoms with van der Waals surface area (Å²) in [5.41, 5.74) is 0.957. The first kappa shape index (κ1) is 29.5. The molecule has 0 radical (unpaired) electrons. The van der Waals surface area contributed by atoms with Gasteiger partial charge in [0, 0.05) is 19.0 Å². The maximum atomic E-state index is 14.3. The fourth-order valence-corrected chi connectivity index (χ4v) is 6.81. The zero-order valence-corrected chi connectivity index (χ0v) is 24.2. The molecule has 2 bridgehead atoms. The molecule has 1 aromatic carbocycles. The molecule has 9 heteroatoms. The number of rotatable bonds is 14. The molecule has 2 N–H and O–H groups in total. The highest BCUT2D eigenvalue weighted by atomic mass is 19.1. The van der Waals surface area contributed by atoms with Gasteiger partial charge in [-0.1, -0.05) is 51.9 Å². The lowest BCUT2D eigenvalue weighted by molar-refractivity contribution is -0.123. The number of carbonyl (C=O) groups is 2. The van der Waals surface area contributed by atoms with Gasteiger partial charge in [-0.2, -0.15) is 0 Å². The van der Waals surface area contributed by atoms with Crippen molar-refractivity contribution in [1.82, 2.24) is 15.6 Å². The topological polar surface area (TPSA) is 103 Å². The van der Waals surface area contributed by atoms with Gasteiger partial charge in [0.25, 0.3) is 11.8 Å². The van der Waals surface area contributed by atoms with Gasteiger partial charge in [-0.3, -0.25) is 9.59 Å². The van der Waals surface area contributed by atoms with Crippen LogP contribution in [0.4, 0.5) is 4.39 Å². The molecule has 1 aromatic heterocycles. The number of nitrogens with one attached hydrogen (secondary N) is 2. The van der Waals surface area contributed by atoms with Crippen molar-refractivity contribution < 1.29 is 27.9 Å². The number of halogens is 1. The second kappa shape index (κ2) is 14.3. The van der Waals surface area contributed by atoms with E-state index in [9.17, 15) is 14.0 Å². The lowest BCUT2D eigenvalue weighted by Gasteiger charge is -2.26. The Morgan fingerprint density at radius 1 is 1.05 bits per heavy atom. The number of benzene rings is 1. The summed E-state index contributed by atoms with van der Waals surface area (Å²) in [6.45, 7) is 3.06. The van der Waals surface area contributed by atoms with Crippen molar-refractivity contribution in [2.24, 2.45) is 11.8 Å². The summed E-state index contributed by atoms with van der Waals surface area (Å²) in [6.07, 6.45) is 14.6. The second-order valence-corrected chi connectivity index (χ2v) is 11.9. The van der Waals surface area contributed by atoms with Crippen molar-refractivity contribution in [2.45, 2.75) is 102 Å². The van der Waals surface area contributed by atoms with Crippen molar-refractivity contribution in [3.63, 3.8) is 0 Å². The van der Waals surface area contributed by atoms with E-state index < -0.39 is 0 Å². The molecule has 0 spiro atoms. The number of hydrogen-bond donors (Lipinski definition) is 2. The zero-order chi connectivity index (χ0) is 28.6. The predicted molar refractivity (Wildman–Crippen MR) is 152 cm³/mol. The van der Waals surface area contributed by atoms with E-state index in [4.69, 9.17) is 13.9 Å². The highest BCUT2D eigenvalue weighted by Gasteiger charge is 2.51. The third-order valence-corrected chi connectivity index (χ3v) is 8.92. The van der Waals surface area contributed by atoms with Gasteiger partial charge in [0.2, 0.25) is 5.89 Å². The minimum absolute atomic E-state index is 0.0117. The SMILES string of the molecule is CCCNC(=O)COc1ccc(F)cc1C[C@@H]1[C@H](c2nc(C(=O)NCCCCC3CCCCC3)co2)[C@H]2CC[C@@H]1O2. The molecule has 5 rings (SSSR count). The summed E-state index contributed by atoms with van der Waals surface area (Å²) in [6, 6.07) is 4.38. The molecule has 4 atom stereocenters. The molecule has 224 valence electrons. The van der Waals surface area contributed by atoms with Crippen LogP contribution in [-0.2, 0) is 16.0 Å². The fraction of sp³-hybridized carbons (Fsp3) is 0.656. The van der Waals surface area contributed by atoms with Crippen molar-refractivity contribution in [3.8, 4) is 5.75 Å². The maximum Gasteiger partial charge on any atom is 0.273 e. The third-order valence-electron chi connectivity index (χ3n) is 8.92. The van der Waals surface area contributed by atoms with Crippen LogP contribution < -0.4 is 15.4 Å². The standard InChI is InChI=1S/C32H44FN3O5/c1-2-15-34-29(37)20-39-26-12-11-23(33)17-22(26)18-24-27-13-14-28(41-27)30(24)32-36-25(19-40-32)31(38)35-16-7-6-10-21-8-4-3-5-9-21/h11-12,17,19,21,24,27-28,30H,2-10,13-16,18,20H2,1H3,(H,34,37)(H,35,38)/t24-,27-,28+,30-/m0/s1. The van der Waals surface area contributed by atoms with Gasteiger partial charge in [0.05, 0.1) is 18.1 Å². The summed E-state index contributed by atoms with van der Waals surface area (Å²) < 4.78 is 32.2. The Balaban J connectivity index is 1.18. The first-order valence-electron chi connectivity index (χ1n) is 15.6. The summed E-state index contributed by atoms with van der Waals surface area (Å²) in [7, 11) is 0. The quantitative estimate of drug-likeness (QED) is 0.283. The number of nitrogens with zero attached hydrogens (tertiary/aromatic N) is 1. The van der Waals surface area contributed by atoms with Crippen LogP contribution in [0.1, 0.15) is 105 Å². The van der Waals surface area contributed by atoms with Gasteiger partial charge in [-0.05, 0) is 61.8 Å². The normalized spacial score (nSPS) is 24.0. The van der Waals surface area contributed by atoms with Crippen molar-refractivity contribution in [3.05, 3.63) is 47.4 Å². The Kier molecular flexibility index (Phi) is 10.3. The van der Waals surface area contributed by atoms with E-state index >= 15 is 0 Å². The maximum absolute atomic E-state index is 14.3. The van der Waals surface area contributed by atoms with Crippen molar-refractivity contribution in [2.75, 3.05) is 19.7 Å². The van der Waals surface area contributed by atoms with Gasteiger partial charge in [-0.25, -0.2) is 9.37 Å². The van der Waals surface area contributed by atoms with Crippen LogP contribution in [0.3, 0.4) is 0 Å². The number of unbranched alkanes of at least 4 members (excludes halogenated alkanes) is 1. The van der Waals surface area contributed by atoms with E-state index in [1.54, 1.807) is 6.07 Å². The van der Waals surface area contributed by atoms with Crippen LogP contribution in [0.15, 0.2) is 28.9 Å². The Morgan fingerprint density at radius 2 is 1.88 bits per heavy atom. The molecule has 2 aliphatic heterocycles. The number of oxazole rings is 1. The van der Waals surface area contributed by atoms with E-state index in [-0.39, 0.29) is 54.0 Å². The smallest absolute Gasteiger partial charge is 0.273 e. The summed E-state index contributed by atoms with van der Waals surface area (Å²) in [5, 5.41) is 5.78. The Morgan fingerprint density at radius 3 is 2.71 bits per heavy atom. The van der Waals surface area contributed by atoms with Crippen molar-refractivity contribution >= 4 is 11.8 Å². The number of hydrogen-bond acceptors (Lipinski definition) is 6. The molecule has 2 saturated heterocycles. The van der Waals surface area contributed by atoms with Gasteiger partial charge in [-0.15, -0.1) is 0 Å². The lowest BCUT2D eigenvalue weighted by Crippen LogP contribution is -2.30. The largest absolute Gasteiger partial charge is 0.483 e. The minimum Gasteiger partial charge on any atom is -0.483 e. The molecule has 0 unspecified atom stereocenters. The summed E-state index contributed by atoms with van der Waals surface area (Å²) in [5.74, 6) is 0.874.